The van der Waals surface area contributed by atoms with Gasteiger partial charge in [-0.1, -0.05) is 17.7 Å². The summed E-state index contributed by atoms with van der Waals surface area (Å²) in [7, 11) is 0. The molecule has 3 nitrogen and oxygen atoms in total. The third kappa shape index (κ3) is 3.93. The lowest BCUT2D eigenvalue weighted by atomic mass is 9.89. The van der Waals surface area contributed by atoms with E-state index in [0.29, 0.717) is 10.6 Å². The molecule has 1 saturated heterocycles. The molecule has 0 bridgehead atoms. The summed E-state index contributed by atoms with van der Waals surface area (Å²) in [5, 5.41) is 4.09. The van der Waals surface area contributed by atoms with Crippen LogP contribution in [0.2, 0.25) is 5.02 Å². The normalized spacial score (nSPS) is 20.0. The number of halogens is 1. The molecule has 0 aromatic heterocycles. The second-order valence-corrected chi connectivity index (χ2v) is 7.25. The van der Waals surface area contributed by atoms with Gasteiger partial charge in [-0.3, -0.25) is 9.69 Å². The third-order valence-corrected chi connectivity index (χ3v) is 5.09. The predicted octanol–water partition coefficient (Wildman–Crippen LogP) is 3.51. The molecule has 5 heteroatoms. The van der Waals surface area contributed by atoms with Crippen LogP contribution in [0, 0.1) is 6.92 Å². The van der Waals surface area contributed by atoms with Crippen molar-refractivity contribution in [1.29, 1.82) is 0 Å². The number of thiol groups is 1. The first-order chi connectivity index (χ1) is 9.82. The summed E-state index contributed by atoms with van der Waals surface area (Å²) in [6.07, 6.45) is 1.87. The first-order valence-electron chi connectivity index (χ1n) is 7.32. The minimum absolute atomic E-state index is 0.0372. The molecular formula is C16H23ClN2OS. The van der Waals surface area contributed by atoms with Gasteiger partial charge < -0.3 is 5.32 Å². The van der Waals surface area contributed by atoms with Crippen LogP contribution < -0.4 is 5.32 Å². The zero-order chi connectivity index (χ0) is 15.6. The SMILES string of the molecule is Cc1c(Cl)cccc1C(=O)NC1(C)CCN(C(C)S)CC1. The second kappa shape index (κ2) is 6.59. The fourth-order valence-corrected chi connectivity index (χ4v) is 3.12. The van der Waals surface area contributed by atoms with Gasteiger partial charge in [-0.25, -0.2) is 0 Å². The van der Waals surface area contributed by atoms with Crippen molar-refractivity contribution in [3.63, 3.8) is 0 Å². The standard InChI is InChI=1S/C16H23ClN2OS/c1-11-13(5-4-6-14(11)17)15(20)18-16(3)7-9-19(10-8-16)12(2)21/h4-6,12,21H,7-10H2,1-3H3,(H,18,20). The number of nitrogens with one attached hydrogen (secondary N) is 1. The average Bonchev–Trinajstić information content (AvgIpc) is 2.41. The van der Waals surface area contributed by atoms with Crippen molar-refractivity contribution in [2.45, 2.75) is 44.5 Å². The number of piperidine rings is 1. The Bertz CT molecular complexity index is 525. The summed E-state index contributed by atoms with van der Waals surface area (Å²) >= 11 is 10.6. The Morgan fingerprint density at radius 1 is 1.43 bits per heavy atom. The molecule has 0 spiro atoms. The van der Waals surface area contributed by atoms with Gasteiger partial charge in [0.1, 0.15) is 0 Å². The molecule has 1 heterocycles. The maximum atomic E-state index is 12.5. The quantitative estimate of drug-likeness (QED) is 0.833. The Morgan fingerprint density at radius 2 is 2.05 bits per heavy atom. The van der Waals surface area contributed by atoms with Gasteiger partial charge in [0, 0.05) is 34.6 Å². The van der Waals surface area contributed by atoms with Crippen molar-refractivity contribution in [1.82, 2.24) is 10.2 Å². The smallest absolute Gasteiger partial charge is 0.252 e. The molecule has 0 aliphatic carbocycles. The summed E-state index contributed by atoms with van der Waals surface area (Å²) in [5.41, 5.74) is 1.33. The van der Waals surface area contributed by atoms with Crippen molar-refractivity contribution in [2.24, 2.45) is 0 Å². The summed E-state index contributed by atoms with van der Waals surface area (Å²) in [6, 6.07) is 5.45. The van der Waals surface area contributed by atoms with Crippen molar-refractivity contribution >= 4 is 30.1 Å². The fourth-order valence-electron chi connectivity index (χ4n) is 2.71. The number of benzene rings is 1. The first kappa shape index (κ1) is 16.7. The molecule has 21 heavy (non-hydrogen) atoms. The monoisotopic (exact) mass is 326 g/mol. The van der Waals surface area contributed by atoms with E-state index in [1.807, 2.05) is 25.1 Å². The molecule has 0 radical (unpaired) electrons. The van der Waals surface area contributed by atoms with Crippen LogP contribution in [0.4, 0.5) is 0 Å². The number of nitrogens with zero attached hydrogens (tertiary/aromatic N) is 1. The molecule has 1 aromatic rings. The van der Waals surface area contributed by atoms with E-state index in [-0.39, 0.29) is 16.8 Å². The van der Waals surface area contributed by atoms with Crippen LogP contribution in [0.3, 0.4) is 0 Å². The number of carbonyl (C=O) groups excluding carboxylic acids is 1. The van der Waals surface area contributed by atoms with E-state index in [1.54, 1.807) is 0 Å². The molecule has 1 fully saturated rings. The number of hydrogen-bond acceptors (Lipinski definition) is 3. The van der Waals surface area contributed by atoms with Gasteiger partial charge in [0.15, 0.2) is 0 Å². The Morgan fingerprint density at radius 3 is 2.62 bits per heavy atom. The number of amides is 1. The summed E-state index contributed by atoms with van der Waals surface area (Å²) in [5.74, 6) is -0.0372. The van der Waals surface area contributed by atoms with Crippen LogP contribution in [0.5, 0.6) is 0 Å². The van der Waals surface area contributed by atoms with Gasteiger partial charge in [0.05, 0.1) is 0 Å². The van der Waals surface area contributed by atoms with Gasteiger partial charge in [-0.15, -0.1) is 0 Å². The van der Waals surface area contributed by atoms with E-state index in [9.17, 15) is 4.79 Å². The van der Waals surface area contributed by atoms with Crippen LogP contribution in [0.1, 0.15) is 42.6 Å². The summed E-state index contributed by atoms with van der Waals surface area (Å²) in [4.78, 5) is 14.8. The van der Waals surface area contributed by atoms with E-state index in [2.05, 4.69) is 36.7 Å². The van der Waals surface area contributed by atoms with Crippen LogP contribution in [0.15, 0.2) is 18.2 Å². The Labute approximate surface area is 137 Å². The van der Waals surface area contributed by atoms with E-state index >= 15 is 0 Å². The minimum Gasteiger partial charge on any atom is -0.347 e. The minimum atomic E-state index is -0.162. The molecule has 0 saturated carbocycles. The zero-order valence-electron chi connectivity index (χ0n) is 12.8. The lowest BCUT2D eigenvalue weighted by Crippen LogP contribution is -2.54. The fraction of sp³-hybridized carbons (Fsp3) is 0.562. The highest BCUT2D eigenvalue weighted by Crippen LogP contribution is 2.25. The van der Waals surface area contributed by atoms with Crippen LogP contribution in [-0.2, 0) is 0 Å². The van der Waals surface area contributed by atoms with Gasteiger partial charge in [-0.05, 0) is 51.3 Å². The van der Waals surface area contributed by atoms with Gasteiger partial charge >= 0.3 is 0 Å². The molecule has 1 atom stereocenters. The maximum absolute atomic E-state index is 12.5. The third-order valence-electron chi connectivity index (χ3n) is 4.36. The molecule has 1 aliphatic rings. The van der Waals surface area contributed by atoms with Crippen molar-refractivity contribution in [2.75, 3.05) is 13.1 Å². The molecule has 1 aromatic carbocycles. The Balaban J connectivity index is 2.04. The molecule has 1 aliphatic heterocycles. The number of carbonyl (C=O) groups is 1. The predicted molar refractivity (Wildman–Crippen MR) is 91.3 cm³/mol. The van der Waals surface area contributed by atoms with Crippen LogP contribution in [-0.4, -0.2) is 34.8 Å². The molecule has 1 unspecified atom stereocenters. The number of hydrogen-bond donors (Lipinski definition) is 2. The topological polar surface area (TPSA) is 32.3 Å². The summed E-state index contributed by atoms with van der Waals surface area (Å²) < 4.78 is 0. The Hall–Kier alpha value is -0.710. The maximum Gasteiger partial charge on any atom is 0.252 e. The Kier molecular flexibility index (Phi) is 5.23. The van der Waals surface area contributed by atoms with Crippen molar-refractivity contribution < 1.29 is 4.79 Å². The highest BCUT2D eigenvalue weighted by Gasteiger charge is 2.32. The van der Waals surface area contributed by atoms with E-state index < -0.39 is 0 Å². The number of rotatable bonds is 3. The van der Waals surface area contributed by atoms with Crippen LogP contribution in [0.25, 0.3) is 0 Å². The lowest BCUT2D eigenvalue weighted by Gasteiger charge is -2.41. The van der Waals surface area contributed by atoms with Crippen molar-refractivity contribution in [3.8, 4) is 0 Å². The van der Waals surface area contributed by atoms with E-state index in [0.717, 1.165) is 31.5 Å². The van der Waals surface area contributed by atoms with E-state index in [4.69, 9.17) is 11.6 Å². The zero-order valence-corrected chi connectivity index (χ0v) is 14.5. The van der Waals surface area contributed by atoms with Crippen LogP contribution >= 0.6 is 24.2 Å². The average molecular weight is 327 g/mol. The van der Waals surface area contributed by atoms with Gasteiger partial charge in [0.25, 0.3) is 5.91 Å². The first-order valence-corrected chi connectivity index (χ1v) is 8.21. The second-order valence-electron chi connectivity index (χ2n) is 6.10. The molecular weight excluding hydrogens is 304 g/mol. The molecule has 2 rings (SSSR count). The van der Waals surface area contributed by atoms with E-state index in [1.165, 1.54) is 0 Å². The molecule has 1 N–H and O–H groups in total. The van der Waals surface area contributed by atoms with Crippen molar-refractivity contribution in [3.05, 3.63) is 34.3 Å². The van der Waals surface area contributed by atoms with Gasteiger partial charge in [-0.2, -0.15) is 12.6 Å². The largest absolute Gasteiger partial charge is 0.347 e. The summed E-state index contributed by atoms with van der Waals surface area (Å²) in [6.45, 7) is 7.99. The van der Waals surface area contributed by atoms with Gasteiger partial charge in [0.2, 0.25) is 0 Å². The lowest BCUT2D eigenvalue weighted by molar-refractivity contribution is 0.0830. The highest BCUT2D eigenvalue weighted by atomic mass is 35.5. The molecule has 1 amide bonds. The number of likely N-dealkylation sites (tertiary alicyclic amines) is 1. The molecule has 116 valence electrons. The highest BCUT2D eigenvalue weighted by molar-refractivity contribution is 7.80.